The maximum Gasteiger partial charge on any atom is 0.221 e. The number of carbonyl (C=O) groups is 1. The van der Waals surface area contributed by atoms with Gasteiger partial charge < -0.3 is 15.5 Å². The zero-order valence-electron chi connectivity index (χ0n) is 15.0. The van der Waals surface area contributed by atoms with Gasteiger partial charge in [-0.05, 0) is 43.5 Å². The van der Waals surface area contributed by atoms with Crippen molar-refractivity contribution in [3.63, 3.8) is 0 Å². The number of nitrogens with one attached hydrogen (secondary N) is 2. The van der Waals surface area contributed by atoms with Crippen LogP contribution in [0.3, 0.4) is 0 Å². The SMILES string of the molecule is Cc1cc(F)ccc1N1CCCC(NC(=O)CC2CSCCN2)C1.Cl.Cl. The first kappa shape index (κ1) is 23.3. The third kappa shape index (κ3) is 6.48. The number of hydrogen-bond acceptors (Lipinski definition) is 4. The zero-order chi connectivity index (χ0) is 16.9. The minimum atomic E-state index is -0.198. The summed E-state index contributed by atoms with van der Waals surface area (Å²) in [5.41, 5.74) is 2.02. The van der Waals surface area contributed by atoms with Gasteiger partial charge in [0.1, 0.15) is 5.82 Å². The molecule has 2 heterocycles. The Hall–Kier alpha value is -0.690. The number of piperidine rings is 1. The molecule has 2 saturated heterocycles. The van der Waals surface area contributed by atoms with Gasteiger partial charge in [-0.2, -0.15) is 11.8 Å². The molecule has 4 nitrogen and oxygen atoms in total. The molecule has 1 aromatic carbocycles. The maximum atomic E-state index is 13.3. The van der Waals surface area contributed by atoms with Gasteiger partial charge in [-0.1, -0.05) is 0 Å². The summed E-state index contributed by atoms with van der Waals surface area (Å²) in [6, 6.07) is 5.40. The monoisotopic (exact) mass is 423 g/mol. The van der Waals surface area contributed by atoms with Crippen molar-refractivity contribution >= 4 is 48.2 Å². The number of amides is 1. The fraction of sp³-hybridized carbons (Fsp3) is 0.611. The highest BCUT2D eigenvalue weighted by Gasteiger charge is 2.24. The number of thioether (sulfide) groups is 1. The summed E-state index contributed by atoms with van der Waals surface area (Å²) < 4.78 is 13.3. The van der Waals surface area contributed by atoms with Gasteiger partial charge in [0.05, 0.1) is 0 Å². The van der Waals surface area contributed by atoms with Gasteiger partial charge >= 0.3 is 0 Å². The Balaban J connectivity index is 0.00000169. The van der Waals surface area contributed by atoms with E-state index in [9.17, 15) is 9.18 Å². The number of rotatable bonds is 4. The summed E-state index contributed by atoms with van der Waals surface area (Å²) in [5, 5.41) is 6.60. The third-order valence-corrected chi connectivity index (χ3v) is 5.85. The van der Waals surface area contributed by atoms with E-state index in [-0.39, 0.29) is 42.6 Å². The first-order valence-electron chi connectivity index (χ1n) is 8.73. The molecule has 26 heavy (non-hydrogen) atoms. The molecule has 0 spiro atoms. The Kier molecular flexibility index (Phi) is 10.1. The van der Waals surface area contributed by atoms with Gasteiger partial charge in [0.25, 0.3) is 0 Å². The van der Waals surface area contributed by atoms with Crippen LogP contribution in [-0.4, -0.2) is 49.1 Å². The Morgan fingerprint density at radius 2 is 2.23 bits per heavy atom. The van der Waals surface area contributed by atoms with Crippen LogP contribution in [0.5, 0.6) is 0 Å². The van der Waals surface area contributed by atoms with E-state index in [0.29, 0.717) is 12.5 Å². The van der Waals surface area contributed by atoms with E-state index in [1.165, 1.54) is 6.07 Å². The van der Waals surface area contributed by atoms with Crippen molar-refractivity contribution in [2.24, 2.45) is 0 Å². The van der Waals surface area contributed by atoms with Gasteiger partial charge in [-0.15, -0.1) is 24.8 Å². The lowest BCUT2D eigenvalue weighted by molar-refractivity contribution is -0.122. The zero-order valence-corrected chi connectivity index (χ0v) is 17.5. The smallest absolute Gasteiger partial charge is 0.221 e. The van der Waals surface area contributed by atoms with E-state index in [0.717, 1.165) is 55.2 Å². The van der Waals surface area contributed by atoms with Gasteiger partial charge in [-0.25, -0.2) is 4.39 Å². The van der Waals surface area contributed by atoms with Crippen LogP contribution in [0.4, 0.5) is 10.1 Å². The molecule has 1 aromatic rings. The number of nitrogens with zero attached hydrogens (tertiary/aromatic N) is 1. The Labute approximate surface area is 171 Å². The molecule has 0 saturated carbocycles. The maximum absolute atomic E-state index is 13.3. The molecule has 0 bridgehead atoms. The molecule has 148 valence electrons. The van der Waals surface area contributed by atoms with Crippen LogP contribution >= 0.6 is 36.6 Å². The van der Waals surface area contributed by atoms with Crippen LogP contribution in [0, 0.1) is 12.7 Å². The lowest BCUT2D eigenvalue weighted by Crippen LogP contribution is -2.49. The minimum Gasteiger partial charge on any atom is -0.369 e. The first-order chi connectivity index (χ1) is 11.6. The average Bonchev–Trinajstić information content (AvgIpc) is 2.56. The second-order valence-electron chi connectivity index (χ2n) is 6.71. The van der Waals surface area contributed by atoms with Crippen LogP contribution in [0.15, 0.2) is 18.2 Å². The summed E-state index contributed by atoms with van der Waals surface area (Å²) in [6.07, 6.45) is 2.60. The Bertz CT molecular complexity index is 588. The summed E-state index contributed by atoms with van der Waals surface area (Å²) in [7, 11) is 0. The molecule has 2 unspecified atom stereocenters. The highest BCUT2D eigenvalue weighted by molar-refractivity contribution is 7.99. The van der Waals surface area contributed by atoms with Gasteiger partial charge in [0.15, 0.2) is 0 Å². The quantitative estimate of drug-likeness (QED) is 0.780. The van der Waals surface area contributed by atoms with Crippen molar-refractivity contribution in [1.82, 2.24) is 10.6 Å². The number of anilines is 1. The molecule has 0 aromatic heterocycles. The lowest BCUT2D eigenvalue weighted by Gasteiger charge is -2.36. The summed E-state index contributed by atoms with van der Waals surface area (Å²) >= 11 is 1.91. The van der Waals surface area contributed by atoms with E-state index in [4.69, 9.17) is 0 Å². The van der Waals surface area contributed by atoms with E-state index in [1.54, 1.807) is 6.07 Å². The Morgan fingerprint density at radius 3 is 2.92 bits per heavy atom. The molecule has 2 aliphatic rings. The van der Waals surface area contributed by atoms with E-state index in [2.05, 4.69) is 15.5 Å². The van der Waals surface area contributed by atoms with Gasteiger partial charge in [-0.3, -0.25) is 4.79 Å². The predicted octanol–water partition coefficient (Wildman–Crippen LogP) is 3.16. The molecule has 1 amide bonds. The number of benzene rings is 1. The fourth-order valence-corrected chi connectivity index (χ4v) is 4.50. The molecular weight excluding hydrogens is 396 g/mol. The third-order valence-electron chi connectivity index (χ3n) is 4.72. The summed E-state index contributed by atoms with van der Waals surface area (Å²) in [4.78, 5) is 14.6. The van der Waals surface area contributed by atoms with Crippen molar-refractivity contribution in [2.75, 3.05) is 36.0 Å². The van der Waals surface area contributed by atoms with Crippen LogP contribution in [0.1, 0.15) is 24.8 Å². The van der Waals surface area contributed by atoms with E-state index >= 15 is 0 Å². The van der Waals surface area contributed by atoms with Gasteiger partial charge in [0, 0.05) is 55.3 Å². The second kappa shape index (κ2) is 11.2. The van der Waals surface area contributed by atoms with Crippen molar-refractivity contribution in [1.29, 1.82) is 0 Å². The molecular formula is C18H28Cl2FN3OS. The molecule has 2 atom stereocenters. The minimum absolute atomic E-state index is 0. The van der Waals surface area contributed by atoms with E-state index < -0.39 is 0 Å². The lowest BCUT2D eigenvalue weighted by atomic mass is 10.0. The Morgan fingerprint density at radius 1 is 1.42 bits per heavy atom. The van der Waals surface area contributed by atoms with Crippen molar-refractivity contribution in [3.05, 3.63) is 29.6 Å². The molecule has 3 rings (SSSR count). The number of aryl methyl sites for hydroxylation is 1. The number of hydrogen-bond donors (Lipinski definition) is 2. The molecule has 2 fully saturated rings. The molecule has 0 radical (unpaired) electrons. The van der Waals surface area contributed by atoms with Crippen molar-refractivity contribution in [3.8, 4) is 0 Å². The van der Waals surface area contributed by atoms with E-state index in [1.807, 2.05) is 24.8 Å². The van der Waals surface area contributed by atoms with Crippen molar-refractivity contribution in [2.45, 2.75) is 38.3 Å². The van der Waals surface area contributed by atoms with Crippen molar-refractivity contribution < 1.29 is 9.18 Å². The van der Waals surface area contributed by atoms with Crippen LogP contribution in [-0.2, 0) is 4.79 Å². The summed E-state index contributed by atoms with van der Waals surface area (Å²) in [5.74, 6) is 2.08. The van der Waals surface area contributed by atoms with Gasteiger partial charge in [0.2, 0.25) is 5.91 Å². The van der Waals surface area contributed by atoms with Crippen LogP contribution < -0.4 is 15.5 Å². The standard InChI is InChI=1S/C18H26FN3OS.2ClH/c1-13-9-14(19)4-5-17(13)22-7-2-3-15(11-22)21-18(23)10-16-12-24-8-6-20-16;;/h4-5,9,15-16,20H,2-3,6-8,10-12H2,1H3,(H,21,23);2*1H. The van der Waals surface area contributed by atoms with Crippen LogP contribution in [0.2, 0.25) is 0 Å². The normalized spacial score (nSPS) is 22.8. The average molecular weight is 424 g/mol. The fourth-order valence-electron chi connectivity index (χ4n) is 3.55. The molecule has 2 N–H and O–H groups in total. The molecule has 2 aliphatic heterocycles. The highest BCUT2D eigenvalue weighted by atomic mass is 35.5. The second-order valence-corrected chi connectivity index (χ2v) is 7.86. The van der Waals surface area contributed by atoms with Crippen LogP contribution in [0.25, 0.3) is 0 Å². The first-order valence-corrected chi connectivity index (χ1v) is 9.89. The number of halogens is 3. The largest absolute Gasteiger partial charge is 0.369 e. The summed E-state index contributed by atoms with van der Waals surface area (Å²) in [6.45, 7) is 4.68. The number of carbonyl (C=O) groups excluding carboxylic acids is 1. The molecule has 0 aliphatic carbocycles. The molecule has 8 heteroatoms. The topological polar surface area (TPSA) is 44.4 Å². The predicted molar refractivity (Wildman–Crippen MR) is 113 cm³/mol. The highest BCUT2D eigenvalue weighted by Crippen LogP contribution is 2.24.